The third-order valence-corrected chi connectivity index (χ3v) is 4.56. The Balaban J connectivity index is 1.63. The van der Waals surface area contributed by atoms with Gasteiger partial charge in [-0.15, -0.1) is 0 Å². The summed E-state index contributed by atoms with van der Waals surface area (Å²) in [6.45, 7) is 3.96. The van der Waals surface area contributed by atoms with Crippen molar-refractivity contribution in [2.24, 2.45) is 11.7 Å². The monoisotopic (exact) mass is 382 g/mol. The smallest absolute Gasteiger partial charge is 0.230 e. The molecule has 0 aliphatic rings. The van der Waals surface area contributed by atoms with E-state index in [2.05, 4.69) is 15.1 Å². The van der Waals surface area contributed by atoms with Crippen LogP contribution in [0.1, 0.15) is 31.2 Å². The molecule has 0 spiro atoms. The number of ether oxygens (including phenoxy) is 2. The molecule has 8 nitrogen and oxygen atoms in total. The number of primary amides is 1. The number of aromatic nitrogens is 3. The van der Waals surface area contributed by atoms with Gasteiger partial charge in [0.25, 0.3) is 0 Å². The van der Waals surface area contributed by atoms with E-state index in [1.807, 2.05) is 31.2 Å². The van der Waals surface area contributed by atoms with Crippen molar-refractivity contribution in [3.8, 4) is 23.0 Å². The van der Waals surface area contributed by atoms with Crippen LogP contribution in [0.5, 0.6) is 11.5 Å². The van der Waals surface area contributed by atoms with Crippen molar-refractivity contribution in [3.05, 3.63) is 54.0 Å². The summed E-state index contributed by atoms with van der Waals surface area (Å²) in [6.07, 6.45) is 1.60. The molecular weight excluding hydrogens is 360 g/mol. The fourth-order valence-corrected chi connectivity index (χ4v) is 2.47. The van der Waals surface area contributed by atoms with Gasteiger partial charge in [0.05, 0.1) is 13.3 Å². The lowest BCUT2D eigenvalue weighted by atomic mass is 9.95. The molecule has 2 N–H and O–H groups in total. The Hall–Kier alpha value is -3.42. The van der Waals surface area contributed by atoms with Crippen LogP contribution in [0.25, 0.3) is 11.5 Å². The van der Waals surface area contributed by atoms with E-state index in [0.29, 0.717) is 29.8 Å². The topological polar surface area (TPSA) is 113 Å². The zero-order chi connectivity index (χ0) is 20.1. The van der Waals surface area contributed by atoms with Crippen molar-refractivity contribution < 1.29 is 18.8 Å². The second kappa shape index (κ2) is 8.51. The first kappa shape index (κ1) is 19.3. The molecule has 0 aliphatic heterocycles. The molecule has 1 aromatic carbocycles. The van der Waals surface area contributed by atoms with Crippen molar-refractivity contribution in [2.45, 2.75) is 26.4 Å². The summed E-state index contributed by atoms with van der Waals surface area (Å²) in [5.41, 5.74) is 6.90. The van der Waals surface area contributed by atoms with Gasteiger partial charge in [-0.1, -0.05) is 31.1 Å². The summed E-state index contributed by atoms with van der Waals surface area (Å²) < 4.78 is 16.1. The minimum atomic E-state index is -0.413. The van der Waals surface area contributed by atoms with Crippen LogP contribution in [0.4, 0.5) is 0 Å². The third kappa shape index (κ3) is 4.46. The van der Waals surface area contributed by atoms with E-state index in [1.165, 1.54) is 0 Å². The highest BCUT2D eigenvalue weighted by atomic mass is 16.5. The number of nitrogens with zero attached hydrogens (tertiary/aromatic N) is 3. The van der Waals surface area contributed by atoms with Crippen molar-refractivity contribution in [1.29, 1.82) is 0 Å². The van der Waals surface area contributed by atoms with Crippen LogP contribution in [0, 0.1) is 5.92 Å². The number of hydrogen-bond donors (Lipinski definition) is 1. The van der Waals surface area contributed by atoms with Crippen LogP contribution in [-0.4, -0.2) is 28.1 Å². The number of carbonyl (C=O) groups is 1. The van der Waals surface area contributed by atoms with Gasteiger partial charge in [0, 0.05) is 11.8 Å². The summed E-state index contributed by atoms with van der Waals surface area (Å²) in [7, 11) is 1.63. The molecule has 2 aromatic heterocycles. The molecule has 3 rings (SSSR count). The molecule has 0 saturated heterocycles. The number of carbonyl (C=O) groups excluding carboxylic acids is 1. The maximum Gasteiger partial charge on any atom is 0.230 e. The van der Waals surface area contributed by atoms with Crippen molar-refractivity contribution in [1.82, 2.24) is 15.1 Å². The lowest BCUT2D eigenvalue weighted by Crippen LogP contribution is -2.25. The van der Waals surface area contributed by atoms with Crippen molar-refractivity contribution in [2.75, 3.05) is 7.11 Å². The highest BCUT2D eigenvalue weighted by molar-refractivity contribution is 5.77. The Morgan fingerprint density at radius 2 is 1.86 bits per heavy atom. The number of nitrogens with two attached hydrogens (primary N) is 1. The molecule has 2 heterocycles. The Bertz CT molecular complexity index is 922. The Labute approximate surface area is 162 Å². The quantitative estimate of drug-likeness (QED) is 0.637. The van der Waals surface area contributed by atoms with Crippen molar-refractivity contribution >= 4 is 5.91 Å². The van der Waals surface area contributed by atoms with Gasteiger partial charge in [-0.05, 0) is 29.8 Å². The summed E-state index contributed by atoms with van der Waals surface area (Å²) in [6, 6.07) is 11.2. The predicted octanol–water partition coefficient (Wildman–Crippen LogP) is 2.94. The molecule has 3 aromatic rings. The van der Waals surface area contributed by atoms with Crippen LogP contribution in [0.2, 0.25) is 0 Å². The van der Waals surface area contributed by atoms with Crippen LogP contribution >= 0.6 is 0 Å². The molecule has 0 saturated carbocycles. The second-order valence-corrected chi connectivity index (χ2v) is 6.45. The summed E-state index contributed by atoms with van der Waals surface area (Å²) in [4.78, 5) is 20.0. The molecule has 2 atom stereocenters. The predicted molar refractivity (Wildman–Crippen MR) is 102 cm³/mol. The molecule has 146 valence electrons. The van der Waals surface area contributed by atoms with E-state index in [4.69, 9.17) is 19.7 Å². The van der Waals surface area contributed by atoms with Crippen LogP contribution in [0.3, 0.4) is 0 Å². The maximum atomic E-state index is 11.3. The summed E-state index contributed by atoms with van der Waals surface area (Å²) in [5, 5.41) is 3.94. The fourth-order valence-electron chi connectivity index (χ4n) is 2.47. The van der Waals surface area contributed by atoms with Gasteiger partial charge in [0.15, 0.2) is 0 Å². The van der Waals surface area contributed by atoms with Crippen molar-refractivity contribution in [3.63, 3.8) is 0 Å². The van der Waals surface area contributed by atoms with Gasteiger partial charge < -0.3 is 19.7 Å². The first-order valence-corrected chi connectivity index (χ1v) is 8.83. The van der Waals surface area contributed by atoms with E-state index in [0.717, 1.165) is 11.3 Å². The molecule has 0 bridgehead atoms. The van der Waals surface area contributed by atoms with Gasteiger partial charge in [-0.25, -0.2) is 4.98 Å². The minimum Gasteiger partial charge on any atom is -0.497 e. The lowest BCUT2D eigenvalue weighted by Gasteiger charge is -2.11. The van der Waals surface area contributed by atoms with Gasteiger partial charge in [0.2, 0.25) is 17.6 Å². The first-order chi connectivity index (χ1) is 13.5. The van der Waals surface area contributed by atoms with Gasteiger partial charge in [-0.3, -0.25) is 4.79 Å². The largest absolute Gasteiger partial charge is 0.497 e. The van der Waals surface area contributed by atoms with E-state index in [1.54, 1.807) is 32.4 Å². The maximum absolute atomic E-state index is 11.3. The zero-order valence-corrected chi connectivity index (χ0v) is 16.0. The molecular formula is C20H22N4O4. The minimum absolute atomic E-state index is 0.272. The highest BCUT2D eigenvalue weighted by Gasteiger charge is 2.25. The summed E-state index contributed by atoms with van der Waals surface area (Å²) in [5.74, 6) is 1.03. The second-order valence-electron chi connectivity index (χ2n) is 6.45. The van der Waals surface area contributed by atoms with Gasteiger partial charge in [0.1, 0.15) is 23.8 Å². The number of hydrogen-bond acceptors (Lipinski definition) is 7. The first-order valence-electron chi connectivity index (χ1n) is 8.83. The Morgan fingerprint density at radius 3 is 2.46 bits per heavy atom. The van der Waals surface area contributed by atoms with E-state index in [9.17, 15) is 4.79 Å². The van der Waals surface area contributed by atoms with E-state index >= 15 is 0 Å². The average molecular weight is 382 g/mol. The highest BCUT2D eigenvalue weighted by Crippen LogP contribution is 2.25. The number of amides is 1. The summed E-state index contributed by atoms with van der Waals surface area (Å²) >= 11 is 0. The lowest BCUT2D eigenvalue weighted by molar-refractivity contribution is -0.122. The number of benzene rings is 1. The van der Waals surface area contributed by atoms with Crippen LogP contribution in [0.15, 0.2) is 47.1 Å². The molecule has 0 fully saturated rings. The average Bonchev–Trinajstić information content (AvgIpc) is 3.22. The van der Waals surface area contributed by atoms with Crippen LogP contribution < -0.4 is 15.2 Å². The molecule has 8 heteroatoms. The third-order valence-electron chi connectivity index (χ3n) is 4.56. The van der Waals surface area contributed by atoms with E-state index in [-0.39, 0.29) is 5.92 Å². The van der Waals surface area contributed by atoms with E-state index < -0.39 is 11.8 Å². The zero-order valence-electron chi connectivity index (χ0n) is 16.0. The fraction of sp³-hybridized carbons (Fsp3) is 0.300. The Morgan fingerprint density at radius 1 is 1.14 bits per heavy atom. The number of pyridine rings is 1. The van der Waals surface area contributed by atoms with Gasteiger partial charge in [-0.2, -0.15) is 4.98 Å². The number of rotatable bonds is 8. The normalized spacial score (nSPS) is 13.0. The van der Waals surface area contributed by atoms with Gasteiger partial charge >= 0.3 is 0 Å². The number of methoxy groups -OCH3 is 1. The molecule has 1 amide bonds. The van der Waals surface area contributed by atoms with Crippen LogP contribution in [-0.2, 0) is 11.4 Å². The molecule has 2 unspecified atom stereocenters. The molecule has 0 aliphatic carbocycles. The Kier molecular flexibility index (Phi) is 5.88. The molecule has 0 radical (unpaired) electrons. The molecule has 28 heavy (non-hydrogen) atoms. The SMILES string of the molecule is COc1ccc(COc2ccc(-c3noc(C(C)C(C)C(N)=O)n3)nc2)cc1. The standard InChI is InChI=1S/C20H22N4O4/c1-12(18(21)25)13(2)20-23-19(24-28-20)17-9-8-16(10-22-17)27-11-14-4-6-15(26-3)7-5-14/h4-10,12-13H,11H2,1-3H3,(H2,21,25).